The van der Waals surface area contributed by atoms with Crippen LogP contribution >= 0.6 is 0 Å². The fourth-order valence-corrected chi connectivity index (χ4v) is 3.43. The van der Waals surface area contributed by atoms with Gasteiger partial charge in [0.05, 0.1) is 30.4 Å². The number of hydrogen-bond acceptors (Lipinski definition) is 4. The van der Waals surface area contributed by atoms with Crippen molar-refractivity contribution in [2.24, 2.45) is 0 Å². The van der Waals surface area contributed by atoms with Crippen LogP contribution in [0.3, 0.4) is 0 Å². The highest BCUT2D eigenvalue weighted by Crippen LogP contribution is 2.36. The van der Waals surface area contributed by atoms with Gasteiger partial charge in [0.1, 0.15) is 5.75 Å². The van der Waals surface area contributed by atoms with Crippen molar-refractivity contribution in [3.8, 4) is 5.75 Å². The average Bonchev–Trinajstić information content (AvgIpc) is 2.68. The largest absolute Gasteiger partial charge is 0.496 e. The summed E-state index contributed by atoms with van der Waals surface area (Å²) in [7, 11) is 1.69. The van der Waals surface area contributed by atoms with Gasteiger partial charge in [-0.1, -0.05) is 23.8 Å². The van der Waals surface area contributed by atoms with Crippen LogP contribution in [0.5, 0.6) is 5.75 Å². The SMILES string of the molecule is COc1cc2c(Nc3cccc(CO)c3)c3cc(C)ccc3nc2cc1C. The normalized spacial score (nSPS) is 11.1. The number of aliphatic hydroxyl groups is 1. The van der Waals surface area contributed by atoms with Crippen molar-refractivity contribution < 1.29 is 9.84 Å². The molecule has 4 nitrogen and oxygen atoms in total. The van der Waals surface area contributed by atoms with E-state index in [0.29, 0.717) is 0 Å². The Labute approximate surface area is 158 Å². The number of nitrogens with one attached hydrogen (secondary N) is 1. The Hall–Kier alpha value is -3.11. The second-order valence-electron chi connectivity index (χ2n) is 6.83. The Balaban J connectivity index is 2.01. The predicted octanol–water partition coefficient (Wildman–Crippen LogP) is 5.25. The standard InChI is InChI=1S/C23H22N2O2/c1-14-7-8-20-18(9-14)23(24-17-6-4-5-16(11-17)13-26)19-12-22(27-3)15(2)10-21(19)25-20/h4-12,26H,13H2,1-3H3,(H,24,25). The van der Waals surface area contributed by atoms with Gasteiger partial charge in [-0.2, -0.15) is 0 Å². The molecule has 0 aliphatic carbocycles. The summed E-state index contributed by atoms with van der Waals surface area (Å²) in [5, 5.41) is 15.1. The van der Waals surface area contributed by atoms with E-state index in [2.05, 4.69) is 36.5 Å². The van der Waals surface area contributed by atoms with Crippen LogP contribution in [0.1, 0.15) is 16.7 Å². The van der Waals surface area contributed by atoms with Crippen molar-refractivity contribution in [2.75, 3.05) is 12.4 Å². The molecule has 1 aromatic heterocycles. The van der Waals surface area contributed by atoms with Crippen LogP contribution in [-0.4, -0.2) is 17.2 Å². The number of fused-ring (bicyclic) bond motifs is 2. The lowest BCUT2D eigenvalue weighted by atomic mass is 10.0. The van der Waals surface area contributed by atoms with Crippen LogP contribution in [-0.2, 0) is 6.61 Å². The molecular weight excluding hydrogens is 336 g/mol. The van der Waals surface area contributed by atoms with Gasteiger partial charge in [-0.15, -0.1) is 0 Å². The molecule has 2 N–H and O–H groups in total. The lowest BCUT2D eigenvalue weighted by Gasteiger charge is -2.16. The molecule has 4 heteroatoms. The number of anilines is 2. The van der Waals surface area contributed by atoms with Gasteiger partial charge in [-0.05, 0) is 61.4 Å². The zero-order valence-corrected chi connectivity index (χ0v) is 15.7. The fourth-order valence-electron chi connectivity index (χ4n) is 3.43. The minimum atomic E-state index is 0.0134. The maximum atomic E-state index is 9.45. The summed E-state index contributed by atoms with van der Waals surface area (Å²) >= 11 is 0. The van der Waals surface area contributed by atoms with Gasteiger partial charge in [-0.25, -0.2) is 4.98 Å². The maximum absolute atomic E-state index is 9.45. The first-order valence-electron chi connectivity index (χ1n) is 8.94. The van der Waals surface area contributed by atoms with Crippen molar-refractivity contribution in [1.82, 2.24) is 4.98 Å². The van der Waals surface area contributed by atoms with Crippen LogP contribution in [0.2, 0.25) is 0 Å². The summed E-state index contributed by atoms with van der Waals surface area (Å²) in [4.78, 5) is 4.86. The molecule has 0 saturated heterocycles. The predicted molar refractivity (Wildman–Crippen MR) is 111 cm³/mol. The number of aromatic nitrogens is 1. The van der Waals surface area contributed by atoms with Crippen LogP contribution < -0.4 is 10.1 Å². The first kappa shape index (κ1) is 17.3. The lowest BCUT2D eigenvalue weighted by molar-refractivity contribution is 0.282. The van der Waals surface area contributed by atoms with E-state index in [1.807, 2.05) is 37.3 Å². The first-order chi connectivity index (χ1) is 13.1. The van der Waals surface area contributed by atoms with E-state index in [0.717, 1.165) is 50.1 Å². The third kappa shape index (κ3) is 3.20. The van der Waals surface area contributed by atoms with Crippen LogP contribution in [0.15, 0.2) is 54.6 Å². The van der Waals surface area contributed by atoms with E-state index >= 15 is 0 Å². The topological polar surface area (TPSA) is 54.4 Å². The summed E-state index contributed by atoms with van der Waals surface area (Å²) in [6, 6.07) is 18.2. The number of nitrogens with zero attached hydrogens (tertiary/aromatic N) is 1. The first-order valence-corrected chi connectivity index (χ1v) is 8.94. The molecule has 3 aromatic carbocycles. The van der Waals surface area contributed by atoms with Gasteiger partial charge in [0, 0.05) is 16.5 Å². The Morgan fingerprint density at radius 3 is 2.56 bits per heavy atom. The van der Waals surface area contributed by atoms with E-state index in [1.54, 1.807) is 7.11 Å². The van der Waals surface area contributed by atoms with Gasteiger partial charge in [-0.3, -0.25) is 0 Å². The van der Waals surface area contributed by atoms with E-state index in [9.17, 15) is 5.11 Å². The number of pyridine rings is 1. The minimum absolute atomic E-state index is 0.0134. The number of aryl methyl sites for hydroxylation is 2. The zero-order chi connectivity index (χ0) is 19.0. The maximum Gasteiger partial charge on any atom is 0.122 e. The highest BCUT2D eigenvalue weighted by Gasteiger charge is 2.13. The van der Waals surface area contributed by atoms with Crippen LogP contribution in [0.25, 0.3) is 21.8 Å². The summed E-state index contributed by atoms with van der Waals surface area (Å²) in [5.41, 5.74) is 6.88. The third-order valence-electron chi connectivity index (χ3n) is 4.82. The van der Waals surface area contributed by atoms with Gasteiger partial charge in [0.2, 0.25) is 0 Å². The minimum Gasteiger partial charge on any atom is -0.496 e. The molecule has 136 valence electrons. The smallest absolute Gasteiger partial charge is 0.122 e. The van der Waals surface area contributed by atoms with Gasteiger partial charge < -0.3 is 15.2 Å². The van der Waals surface area contributed by atoms with Crippen molar-refractivity contribution in [3.63, 3.8) is 0 Å². The summed E-state index contributed by atoms with van der Waals surface area (Å²) in [5.74, 6) is 0.837. The van der Waals surface area contributed by atoms with E-state index < -0.39 is 0 Å². The van der Waals surface area contributed by atoms with E-state index in [-0.39, 0.29) is 6.61 Å². The number of hydrogen-bond donors (Lipinski definition) is 2. The highest BCUT2D eigenvalue weighted by atomic mass is 16.5. The van der Waals surface area contributed by atoms with Gasteiger partial charge >= 0.3 is 0 Å². The molecule has 0 aliphatic rings. The molecule has 0 spiro atoms. The number of rotatable bonds is 4. The van der Waals surface area contributed by atoms with Crippen molar-refractivity contribution in [3.05, 3.63) is 71.3 Å². The molecular formula is C23H22N2O2. The summed E-state index contributed by atoms with van der Waals surface area (Å²) in [6.07, 6.45) is 0. The molecule has 1 heterocycles. The van der Waals surface area contributed by atoms with Gasteiger partial charge in [0.15, 0.2) is 0 Å². The molecule has 0 radical (unpaired) electrons. The second kappa shape index (κ2) is 6.89. The number of ether oxygens (including phenoxy) is 1. The molecule has 0 unspecified atom stereocenters. The number of aliphatic hydroxyl groups excluding tert-OH is 1. The second-order valence-corrected chi connectivity index (χ2v) is 6.83. The number of benzene rings is 3. The molecule has 0 fully saturated rings. The fraction of sp³-hybridized carbons (Fsp3) is 0.174. The highest BCUT2D eigenvalue weighted by molar-refractivity contribution is 6.09. The van der Waals surface area contributed by atoms with E-state index in [1.165, 1.54) is 5.56 Å². The monoisotopic (exact) mass is 358 g/mol. The van der Waals surface area contributed by atoms with Crippen molar-refractivity contribution in [2.45, 2.75) is 20.5 Å². The summed E-state index contributed by atoms with van der Waals surface area (Å²) < 4.78 is 5.54. The Morgan fingerprint density at radius 2 is 1.78 bits per heavy atom. The van der Waals surface area contributed by atoms with Crippen molar-refractivity contribution >= 4 is 33.2 Å². The number of methoxy groups -OCH3 is 1. The van der Waals surface area contributed by atoms with Gasteiger partial charge in [0.25, 0.3) is 0 Å². The van der Waals surface area contributed by atoms with Crippen LogP contribution in [0.4, 0.5) is 11.4 Å². The summed E-state index contributed by atoms with van der Waals surface area (Å²) in [6.45, 7) is 4.12. The quantitative estimate of drug-likeness (QED) is 0.489. The molecule has 0 saturated carbocycles. The lowest BCUT2D eigenvalue weighted by Crippen LogP contribution is -1.98. The zero-order valence-electron chi connectivity index (χ0n) is 15.7. The molecule has 4 aromatic rings. The van der Waals surface area contributed by atoms with E-state index in [4.69, 9.17) is 9.72 Å². The third-order valence-corrected chi connectivity index (χ3v) is 4.82. The molecule has 27 heavy (non-hydrogen) atoms. The molecule has 0 aliphatic heterocycles. The molecule has 4 rings (SSSR count). The molecule has 0 atom stereocenters. The van der Waals surface area contributed by atoms with Crippen molar-refractivity contribution in [1.29, 1.82) is 0 Å². The van der Waals surface area contributed by atoms with Crippen LogP contribution in [0, 0.1) is 13.8 Å². The Kier molecular flexibility index (Phi) is 4.42. The average molecular weight is 358 g/mol. The molecule has 0 bridgehead atoms. The Bertz CT molecular complexity index is 1150. The molecule has 0 amide bonds. The Morgan fingerprint density at radius 1 is 0.963 bits per heavy atom.